The number of aryl methyl sites for hydroxylation is 2. The van der Waals surface area contributed by atoms with E-state index in [4.69, 9.17) is 28.2 Å². The Bertz CT molecular complexity index is 766. The molecule has 3 nitrogen and oxygen atoms in total. The first kappa shape index (κ1) is 15.7. The topological polar surface area (TPSA) is 34.9 Å². The monoisotopic (exact) mass is 362 g/mol. The Labute approximate surface area is 141 Å². The maximum atomic E-state index is 12.7. The van der Waals surface area contributed by atoms with Gasteiger partial charge in [-0.2, -0.15) is 0 Å². The molecule has 0 bridgehead atoms. The lowest BCUT2D eigenvalue weighted by Crippen LogP contribution is -2.22. The van der Waals surface area contributed by atoms with Gasteiger partial charge in [-0.15, -0.1) is 34.5 Å². The molecule has 0 unspecified atom stereocenters. The van der Waals surface area contributed by atoms with E-state index in [2.05, 4.69) is 0 Å². The Morgan fingerprint density at radius 2 is 2.14 bits per heavy atom. The van der Waals surface area contributed by atoms with E-state index in [1.54, 1.807) is 27.7 Å². The minimum atomic E-state index is -0.579. The zero-order chi connectivity index (χ0) is 15.4. The van der Waals surface area contributed by atoms with Gasteiger partial charge in [0, 0.05) is 23.1 Å². The summed E-state index contributed by atoms with van der Waals surface area (Å²) in [5.74, 6) is 1.09. The van der Waals surface area contributed by atoms with Crippen LogP contribution in [-0.4, -0.2) is 19.6 Å². The molecule has 1 aliphatic carbocycles. The number of thioether (sulfide) groups is 1. The van der Waals surface area contributed by atoms with Gasteiger partial charge in [0.2, 0.25) is 0 Å². The lowest BCUT2D eigenvalue weighted by molar-refractivity contribution is 0.634. The van der Waals surface area contributed by atoms with Crippen LogP contribution in [0.15, 0.2) is 9.95 Å². The van der Waals surface area contributed by atoms with Crippen LogP contribution in [0.2, 0.25) is 0 Å². The van der Waals surface area contributed by atoms with Crippen LogP contribution < -0.4 is 5.56 Å². The second-order valence-electron chi connectivity index (χ2n) is 5.38. The lowest BCUT2D eigenvalue weighted by atomic mass is 10.2. The van der Waals surface area contributed by atoms with Crippen molar-refractivity contribution in [3.8, 4) is 0 Å². The van der Waals surface area contributed by atoms with Crippen molar-refractivity contribution in [2.45, 2.75) is 43.2 Å². The molecule has 0 aromatic carbocycles. The van der Waals surface area contributed by atoms with Gasteiger partial charge in [0.1, 0.15) is 9.16 Å². The lowest BCUT2D eigenvalue weighted by Gasteiger charge is -2.10. The maximum Gasteiger partial charge on any atom is 0.263 e. The Morgan fingerprint density at radius 1 is 1.48 bits per heavy atom. The number of nitrogens with zero attached hydrogens (tertiary/aromatic N) is 2. The van der Waals surface area contributed by atoms with Crippen LogP contribution >= 0.6 is 46.3 Å². The van der Waals surface area contributed by atoms with Gasteiger partial charge in [-0.25, -0.2) is 4.98 Å². The van der Waals surface area contributed by atoms with Crippen molar-refractivity contribution in [2.75, 3.05) is 5.75 Å². The molecular weight excluding hydrogens is 347 g/mol. The van der Waals surface area contributed by atoms with Crippen molar-refractivity contribution in [2.24, 2.45) is 5.92 Å². The molecule has 21 heavy (non-hydrogen) atoms. The predicted molar refractivity (Wildman–Crippen MR) is 92.3 cm³/mol. The summed E-state index contributed by atoms with van der Waals surface area (Å²) in [5, 5.41) is 1.53. The minimum absolute atomic E-state index is 0.0608. The molecule has 0 amide bonds. The van der Waals surface area contributed by atoms with Crippen LogP contribution in [0, 0.1) is 19.8 Å². The fraction of sp³-hybridized carbons (Fsp3) is 0.571. The second-order valence-corrected chi connectivity index (χ2v) is 9.11. The third-order valence-electron chi connectivity index (χ3n) is 3.94. The highest BCUT2D eigenvalue weighted by molar-refractivity contribution is 7.99. The molecule has 2 aromatic rings. The number of fused-ring (bicyclic) bond motifs is 1. The van der Waals surface area contributed by atoms with E-state index in [9.17, 15) is 4.79 Å². The normalized spacial score (nSPS) is 20.1. The molecule has 1 atom stereocenters. The summed E-state index contributed by atoms with van der Waals surface area (Å²) in [6.45, 7) is 6.61. The van der Waals surface area contributed by atoms with E-state index >= 15 is 0 Å². The smallest absolute Gasteiger partial charge is 0.263 e. The molecule has 0 N–H and O–H groups in total. The number of alkyl halides is 2. The van der Waals surface area contributed by atoms with Gasteiger partial charge in [-0.05, 0) is 32.8 Å². The van der Waals surface area contributed by atoms with Gasteiger partial charge in [0.15, 0.2) is 5.16 Å². The fourth-order valence-corrected chi connectivity index (χ4v) is 5.39. The van der Waals surface area contributed by atoms with Crippen LogP contribution in [0.3, 0.4) is 0 Å². The molecule has 0 saturated heterocycles. The van der Waals surface area contributed by atoms with E-state index in [0.29, 0.717) is 6.54 Å². The van der Waals surface area contributed by atoms with E-state index in [-0.39, 0.29) is 11.5 Å². The molecule has 1 saturated carbocycles. The Balaban J connectivity index is 2.00. The van der Waals surface area contributed by atoms with Gasteiger partial charge in [0.25, 0.3) is 5.56 Å². The first-order chi connectivity index (χ1) is 9.85. The maximum absolute atomic E-state index is 12.7. The van der Waals surface area contributed by atoms with Gasteiger partial charge in [0.05, 0.1) is 5.39 Å². The van der Waals surface area contributed by atoms with Crippen molar-refractivity contribution in [1.29, 1.82) is 0 Å². The van der Waals surface area contributed by atoms with Crippen LogP contribution in [0.1, 0.15) is 23.8 Å². The van der Waals surface area contributed by atoms with Gasteiger partial charge < -0.3 is 0 Å². The van der Waals surface area contributed by atoms with Gasteiger partial charge >= 0.3 is 0 Å². The zero-order valence-corrected chi connectivity index (χ0v) is 15.2. The Morgan fingerprint density at radius 3 is 2.71 bits per heavy atom. The number of hydrogen-bond acceptors (Lipinski definition) is 4. The van der Waals surface area contributed by atoms with Crippen LogP contribution in [0.5, 0.6) is 0 Å². The number of rotatable bonds is 4. The van der Waals surface area contributed by atoms with Crippen molar-refractivity contribution in [3.05, 3.63) is 20.8 Å². The number of hydrogen-bond donors (Lipinski definition) is 0. The standard InChI is InChI=1S/C14H16Cl2N2OS2/c1-4-18-12(19)10-7(2)8(3)21-11(10)17-13(18)20-6-9-5-14(9,15)16/h9H,4-6H2,1-3H3/t9-/m0/s1. The van der Waals surface area contributed by atoms with Crippen molar-refractivity contribution in [1.82, 2.24) is 9.55 Å². The average Bonchev–Trinajstić information content (AvgIpc) is 2.92. The molecular formula is C14H16Cl2N2OS2. The summed E-state index contributed by atoms with van der Waals surface area (Å²) in [5.41, 5.74) is 1.11. The molecule has 0 aliphatic heterocycles. The molecule has 0 radical (unpaired) electrons. The highest BCUT2D eigenvalue weighted by atomic mass is 35.5. The predicted octanol–water partition coefficient (Wildman–Crippen LogP) is 4.38. The molecule has 3 rings (SSSR count). The summed E-state index contributed by atoms with van der Waals surface area (Å²) in [6, 6.07) is 0. The average molecular weight is 363 g/mol. The largest absolute Gasteiger partial charge is 0.287 e. The highest BCUT2D eigenvalue weighted by Crippen LogP contribution is 2.54. The highest BCUT2D eigenvalue weighted by Gasteiger charge is 2.51. The van der Waals surface area contributed by atoms with E-state index in [1.807, 2.05) is 20.8 Å². The summed E-state index contributed by atoms with van der Waals surface area (Å²) >= 11 is 15.3. The number of thiophene rings is 1. The SMILES string of the molecule is CCn1c(SC[C@@H]2CC2(Cl)Cl)nc2sc(C)c(C)c2c1=O. The summed E-state index contributed by atoms with van der Waals surface area (Å²) in [7, 11) is 0. The summed E-state index contributed by atoms with van der Waals surface area (Å²) in [4.78, 5) is 19.3. The van der Waals surface area contributed by atoms with Crippen LogP contribution in [0.25, 0.3) is 10.2 Å². The fourth-order valence-electron chi connectivity index (χ4n) is 2.32. The molecule has 0 spiro atoms. The molecule has 1 fully saturated rings. The van der Waals surface area contributed by atoms with Crippen molar-refractivity contribution >= 4 is 56.5 Å². The van der Waals surface area contributed by atoms with E-state index < -0.39 is 4.33 Å². The molecule has 2 aromatic heterocycles. The molecule has 2 heterocycles. The quantitative estimate of drug-likeness (QED) is 0.459. The number of aromatic nitrogens is 2. The first-order valence-corrected chi connectivity index (χ1v) is 9.42. The summed E-state index contributed by atoms with van der Waals surface area (Å²) in [6.07, 6.45) is 0.818. The second kappa shape index (κ2) is 5.44. The minimum Gasteiger partial charge on any atom is -0.287 e. The number of halogens is 2. The zero-order valence-electron chi connectivity index (χ0n) is 12.1. The Hall–Kier alpha value is -0.230. The van der Waals surface area contributed by atoms with Gasteiger partial charge in [-0.1, -0.05) is 11.8 Å². The van der Waals surface area contributed by atoms with Gasteiger partial charge in [-0.3, -0.25) is 9.36 Å². The third-order valence-corrected chi connectivity index (χ3v) is 7.11. The van der Waals surface area contributed by atoms with Crippen LogP contribution in [-0.2, 0) is 6.54 Å². The van der Waals surface area contributed by atoms with Crippen molar-refractivity contribution in [3.63, 3.8) is 0 Å². The Kier molecular flexibility index (Phi) is 4.06. The first-order valence-electron chi connectivity index (χ1n) is 6.86. The van der Waals surface area contributed by atoms with Crippen LogP contribution in [0.4, 0.5) is 0 Å². The van der Waals surface area contributed by atoms with Crippen molar-refractivity contribution < 1.29 is 0 Å². The third kappa shape index (κ3) is 2.74. The summed E-state index contributed by atoms with van der Waals surface area (Å²) < 4.78 is 1.17. The van der Waals surface area contributed by atoms with E-state index in [0.717, 1.165) is 38.0 Å². The molecule has 114 valence electrons. The van der Waals surface area contributed by atoms with E-state index in [1.165, 1.54) is 0 Å². The molecule has 1 aliphatic rings. The molecule has 7 heteroatoms.